The molecule has 0 spiro atoms. The van der Waals surface area contributed by atoms with Gasteiger partial charge in [0.2, 0.25) is 0 Å². The molecule has 6 heteroatoms. The molecule has 5 nitrogen and oxygen atoms in total. The third-order valence-electron chi connectivity index (χ3n) is 4.14. The van der Waals surface area contributed by atoms with Crippen molar-refractivity contribution in [3.63, 3.8) is 0 Å². The molecule has 1 fully saturated rings. The molecule has 1 N–H and O–H groups in total. The molecule has 2 aromatic rings. The molecule has 114 valence electrons. The van der Waals surface area contributed by atoms with Gasteiger partial charge in [0.25, 0.3) is 0 Å². The Bertz CT molecular complexity index is 574. The summed E-state index contributed by atoms with van der Waals surface area (Å²) in [5.41, 5.74) is 1.88. The molecule has 1 aliphatic carbocycles. The van der Waals surface area contributed by atoms with E-state index in [0.29, 0.717) is 12.5 Å². The van der Waals surface area contributed by atoms with E-state index in [9.17, 15) is 5.11 Å². The molecule has 0 amide bonds. The van der Waals surface area contributed by atoms with Crippen LogP contribution < -0.4 is 0 Å². The van der Waals surface area contributed by atoms with E-state index in [1.54, 1.807) is 0 Å². The van der Waals surface area contributed by atoms with Crippen LogP contribution in [0.5, 0.6) is 0 Å². The highest BCUT2D eigenvalue weighted by molar-refractivity contribution is 7.05. The average Bonchev–Trinajstić information content (AvgIpc) is 3.20. The van der Waals surface area contributed by atoms with E-state index < -0.39 is 6.10 Å². The summed E-state index contributed by atoms with van der Waals surface area (Å²) in [7, 11) is 0. The molecule has 1 atom stereocenters. The molecule has 0 saturated heterocycles. The van der Waals surface area contributed by atoms with E-state index >= 15 is 0 Å². The average molecular weight is 306 g/mol. The smallest absolute Gasteiger partial charge is 0.0973 e. The van der Waals surface area contributed by atoms with Gasteiger partial charge in [0.15, 0.2) is 0 Å². The molecule has 3 rings (SSSR count). The summed E-state index contributed by atoms with van der Waals surface area (Å²) in [4.78, 5) is 0.896. The second-order valence-electron chi connectivity index (χ2n) is 5.78. The number of aliphatic hydroxyl groups is 1. The zero-order chi connectivity index (χ0) is 14.7. The minimum Gasteiger partial charge on any atom is -0.387 e. The Hall–Kier alpha value is -1.27. The lowest BCUT2D eigenvalue weighted by Gasteiger charge is -2.10. The van der Waals surface area contributed by atoms with E-state index in [2.05, 4.69) is 32.5 Å². The van der Waals surface area contributed by atoms with E-state index in [1.807, 2.05) is 6.07 Å². The van der Waals surface area contributed by atoms with Crippen molar-refractivity contribution in [2.24, 2.45) is 0 Å². The van der Waals surface area contributed by atoms with E-state index in [1.165, 1.54) is 37.2 Å². The fourth-order valence-electron chi connectivity index (χ4n) is 3.03. The minimum atomic E-state index is -0.543. The first kappa shape index (κ1) is 14.7. The van der Waals surface area contributed by atoms with Gasteiger partial charge < -0.3 is 5.11 Å². The van der Waals surface area contributed by atoms with Gasteiger partial charge in [-0.2, -0.15) is 5.10 Å². The van der Waals surface area contributed by atoms with Gasteiger partial charge in [-0.3, -0.25) is 4.68 Å². The van der Waals surface area contributed by atoms with Crippen molar-refractivity contribution in [2.75, 3.05) is 0 Å². The summed E-state index contributed by atoms with van der Waals surface area (Å²) in [6.45, 7) is 2.11. The van der Waals surface area contributed by atoms with Crippen LogP contribution in [0.25, 0.3) is 0 Å². The van der Waals surface area contributed by atoms with Crippen molar-refractivity contribution < 1.29 is 5.11 Å². The SMILES string of the molecule is CCCc1nnsc1C(O)Cc1ccn(C2CCCC2)n1. The van der Waals surface area contributed by atoms with Crippen molar-refractivity contribution >= 4 is 11.5 Å². The van der Waals surface area contributed by atoms with Gasteiger partial charge in [0.1, 0.15) is 0 Å². The Balaban J connectivity index is 1.66. The fourth-order valence-corrected chi connectivity index (χ4v) is 3.71. The predicted octanol–water partition coefficient (Wildman–Crippen LogP) is 3.08. The fraction of sp³-hybridized carbons (Fsp3) is 0.667. The van der Waals surface area contributed by atoms with Crippen LogP contribution >= 0.6 is 11.5 Å². The third kappa shape index (κ3) is 3.32. The van der Waals surface area contributed by atoms with E-state index in [0.717, 1.165) is 29.1 Å². The summed E-state index contributed by atoms with van der Waals surface area (Å²) in [6.07, 6.45) is 8.99. The quantitative estimate of drug-likeness (QED) is 0.891. The molecule has 0 radical (unpaired) electrons. The largest absolute Gasteiger partial charge is 0.387 e. The Morgan fingerprint density at radius 1 is 1.43 bits per heavy atom. The normalized spacial score (nSPS) is 17.4. The van der Waals surface area contributed by atoms with E-state index in [-0.39, 0.29) is 0 Å². The predicted molar refractivity (Wildman–Crippen MR) is 82.3 cm³/mol. The first-order valence-electron chi connectivity index (χ1n) is 7.81. The van der Waals surface area contributed by atoms with Gasteiger partial charge in [-0.15, -0.1) is 5.10 Å². The monoisotopic (exact) mass is 306 g/mol. The zero-order valence-corrected chi connectivity index (χ0v) is 13.2. The van der Waals surface area contributed by atoms with Gasteiger partial charge in [-0.05, 0) is 36.9 Å². The number of rotatable bonds is 6. The molecule has 0 aliphatic heterocycles. The van der Waals surface area contributed by atoms with Crippen molar-refractivity contribution in [2.45, 2.75) is 64.0 Å². The summed E-state index contributed by atoms with van der Waals surface area (Å²) in [6, 6.07) is 2.58. The molecule has 1 unspecified atom stereocenters. The lowest BCUT2D eigenvalue weighted by atomic mass is 10.1. The molecule has 21 heavy (non-hydrogen) atoms. The third-order valence-corrected chi connectivity index (χ3v) is 5.01. The summed E-state index contributed by atoms with van der Waals surface area (Å²) in [5, 5.41) is 19.2. The van der Waals surface area contributed by atoms with Crippen molar-refractivity contribution in [1.29, 1.82) is 0 Å². The van der Waals surface area contributed by atoms with Crippen LogP contribution in [-0.4, -0.2) is 24.5 Å². The number of aliphatic hydroxyl groups excluding tert-OH is 1. The zero-order valence-electron chi connectivity index (χ0n) is 12.4. The highest BCUT2D eigenvalue weighted by Gasteiger charge is 2.20. The van der Waals surface area contributed by atoms with Gasteiger partial charge in [-0.25, -0.2) is 0 Å². The molecule has 0 bridgehead atoms. The molecular formula is C15H22N4OS. The van der Waals surface area contributed by atoms with E-state index in [4.69, 9.17) is 0 Å². The number of hydrogen-bond donors (Lipinski definition) is 1. The Morgan fingerprint density at radius 3 is 3.00 bits per heavy atom. The van der Waals surface area contributed by atoms with Crippen LogP contribution in [0.15, 0.2) is 12.3 Å². The van der Waals surface area contributed by atoms with Crippen LogP contribution in [0, 0.1) is 0 Å². The van der Waals surface area contributed by atoms with Gasteiger partial charge in [-0.1, -0.05) is 30.7 Å². The number of aryl methyl sites for hydroxylation is 1. The first-order chi connectivity index (χ1) is 10.3. The maximum absolute atomic E-state index is 10.4. The second-order valence-corrected chi connectivity index (χ2v) is 6.56. The molecular weight excluding hydrogens is 284 g/mol. The topological polar surface area (TPSA) is 63.8 Å². The second kappa shape index (κ2) is 6.66. The summed E-state index contributed by atoms with van der Waals surface area (Å²) >= 11 is 1.30. The molecule has 2 heterocycles. The number of nitrogens with zero attached hydrogens (tertiary/aromatic N) is 4. The maximum Gasteiger partial charge on any atom is 0.0973 e. The van der Waals surface area contributed by atoms with Crippen LogP contribution in [-0.2, 0) is 12.8 Å². The van der Waals surface area contributed by atoms with Gasteiger partial charge in [0.05, 0.1) is 28.4 Å². The summed E-state index contributed by atoms with van der Waals surface area (Å²) < 4.78 is 6.05. The van der Waals surface area contributed by atoms with Crippen molar-refractivity contribution in [3.8, 4) is 0 Å². The van der Waals surface area contributed by atoms with Gasteiger partial charge >= 0.3 is 0 Å². The Kier molecular flexibility index (Phi) is 4.65. The first-order valence-corrected chi connectivity index (χ1v) is 8.58. The highest BCUT2D eigenvalue weighted by Crippen LogP contribution is 2.29. The van der Waals surface area contributed by atoms with Crippen LogP contribution in [0.2, 0.25) is 0 Å². The van der Waals surface area contributed by atoms with Crippen molar-refractivity contribution in [3.05, 3.63) is 28.5 Å². The Labute approximate surface area is 129 Å². The molecule has 1 saturated carbocycles. The molecule has 0 aromatic carbocycles. The van der Waals surface area contributed by atoms with Crippen molar-refractivity contribution in [1.82, 2.24) is 19.4 Å². The summed E-state index contributed by atoms with van der Waals surface area (Å²) in [5.74, 6) is 0. The number of aromatic nitrogens is 4. The van der Waals surface area contributed by atoms with Crippen LogP contribution in [0.4, 0.5) is 0 Å². The standard InChI is InChI=1S/C15H22N4OS/c1-2-5-13-15(21-18-16-13)14(20)10-11-8-9-19(17-11)12-6-3-4-7-12/h8-9,12,14,20H,2-7,10H2,1H3. The molecule has 2 aromatic heterocycles. The lowest BCUT2D eigenvalue weighted by molar-refractivity contribution is 0.179. The maximum atomic E-state index is 10.4. The minimum absolute atomic E-state index is 0.542. The lowest BCUT2D eigenvalue weighted by Crippen LogP contribution is -2.08. The van der Waals surface area contributed by atoms with Crippen LogP contribution in [0.1, 0.15) is 67.4 Å². The van der Waals surface area contributed by atoms with Crippen LogP contribution in [0.3, 0.4) is 0 Å². The molecule has 1 aliphatic rings. The highest BCUT2D eigenvalue weighted by atomic mass is 32.1. The van der Waals surface area contributed by atoms with Gasteiger partial charge in [0, 0.05) is 12.6 Å². The Morgan fingerprint density at radius 2 is 2.24 bits per heavy atom. The number of hydrogen-bond acceptors (Lipinski definition) is 5.